The van der Waals surface area contributed by atoms with Crippen molar-refractivity contribution < 1.29 is 4.74 Å². The fourth-order valence-electron chi connectivity index (χ4n) is 5.76. The van der Waals surface area contributed by atoms with Crippen molar-refractivity contribution in [3.05, 3.63) is 76.3 Å². The van der Waals surface area contributed by atoms with Crippen molar-refractivity contribution in [1.29, 1.82) is 0 Å². The highest BCUT2D eigenvalue weighted by Crippen LogP contribution is 2.45. The van der Waals surface area contributed by atoms with Crippen LogP contribution in [0, 0.1) is 13.8 Å². The zero-order valence-electron chi connectivity index (χ0n) is 19.9. The number of nitrogens with one attached hydrogen (secondary N) is 1. The molecule has 2 atom stereocenters. The summed E-state index contributed by atoms with van der Waals surface area (Å²) >= 11 is 12.4. The summed E-state index contributed by atoms with van der Waals surface area (Å²) in [6.07, 6.45) is 8.29. The van der Waals surface area contributed by atoms with Crippen molar-refractivity contribution in [2.45, 2.75) is 64.1 Å². The van der Waals surface area contributed by atoms with Crippen LogP contribution in [-0.2, 0) is 0 Å². The smallest absolute Gasteiger partial charge is 0.174 e. The molecular formula is C27H31ClN4OS. The van der Waals surface area contributed by atoms with Gasteiger partial charge in [-0.25, -0.2) is 0 Å². The highest BCUT2D eigenvalue weighted by Gasteiger charge is 2.42. The topological polar surface area (TPSA) is 42.3 Å². The maximum absolute atomic E-state index is 6.53. The molecule has 1 saturated heterocycles. The van der Waals surface area contributed by atoms with Gasteiger partial charge in [0, 0.05) is 29.3 Å². The number of ether oxygens (including phenoxy) is 1. The van der Waals surface area contributed by atoms with E-state index in [0.29, 0.717) is 21.9 Å². The van der Waals surface area contributed by atoms with Gasteiger partial charge in [0.2, 0.25) is 0 Å². The summed E-state index contributed by atoms with van der Waals surface area (Å²) in [6.45, 7) is 4.49. The zero-order chi connectivity index (χ0) is 23.8. The minimum atomic E-state index is -0.0742. The number of methoxy groups -OCH3 is 1. The molecule has 0 radical (unpaired) electrons. The van der Waals surface area contributed by atoms with Gasteiger partial charge in [0.05, 0.1) is 29.9 Å². The van der Waals surface area contributed by atoms with Crippen LogP contribution in [0.5, 0.6) is 5.75 Å². The maximum atomic E-state index is 6.53. The van der Waals surface area contributed by atoms with Crippen LogP contribution in [0.4, 0.5) is 5.69 Å². The standard InChI is InChI=1S/C27H31ClN4OS/c1-17-15-21(18(2)31(17)19-9-5-4-6-10-19)26-25(23-11-7-8-14-29-23)30-27(34)32(26)20-12-13-24(33-3)22(28)16-20/h7-8,11-16,19,25-26H,4-6,9-10H2,1-3H3,(H,30,34)/t25-,26-/m1/s1. The number of hydrogen-bond donors (Lipinski definition) is 1. The minimum absolute atomic E-state index is 0.0459. The molecule has 0 bridgehead atoms. The van der Waals surface area contributed by atoms with Gasteiger partial charge in [0.25, 0.3) is 0 Å². The first-order valence-electron chi connectivity index (χ1n) is 12.0. The molecule has 0 amide bonds. The number of aryl methyl sites for hydroxylation is 1. The highest BCUT2D eigenvalue weighted by atomic mass is 35.5. The zero-order valence-corrected chi connectivity index (χ0v) is 21.5. The molecule has 5 rings (SSSR count). The molecule has 3 aromatic rings. The monoisotopic (exact) mass is 494 g/mol. The molecule has 178 valence electrons. The van der Waals surface area contributed by atoms with Crippen molar-refractivity contribution in [1.82, 2.24) is 14.9 Å². The van der Waals surface area contributed by atoms with Gasteiger partial charge in [0.1, 0.15) is 5.75 Å². The van der Waals surface area contributed by atoms with Gasteiger partial charge in [-0.2, -0.15) is 0 Å². The second-order valence-corrected chi connectivity index (χ2v) is 10.1. The third-order valence-corrected chi connectivity index (χ3v) is 7.90. The molecule has 2 aliphatic rings. The van der Waals surface area contributed by atoms with E-state index in [-0.39, 0.29) is 12.1 Å². The molecule has 1 saturated carbocycles. The molecule has 1 N–H and O–H groups in total. The van der Waals surface area contributed by atoms with Crippen molar-refractivity contribution in [2.24, 2.45) is 0 Å². The Hall–Kier alpha value is -2.57. The fraction of sp³-hybridized carbons (Fsp3) is 0.407. The molecule has 2 fully saturated rings. The van der Waals surface area contributed by atoms with E-state index >= 15 is 0 Å². The molecule has 1 aliphatic carbocycles. The van der Waals surface area contributed by atoms with Crippen LogP contribution in [0.2, 0.25) is 5.02 Å². The SMILES string of the molecule is COc1ccc(N2C(=S)N[C@H](c3ccccn3)[C@H]2c2cc(C)n(C3CCCCC3)c2C)cc1Cl. The number of benzene rings is 1. The Morgan fingerprint density at radius 1 is 1.09 bits per heavy atom. The number of halogens is 1. The summed E-state index contributed by atoms with van der Waals surface area (Å²) < 4.78 is 7.94. The van der Waals surface area contributed by atoms with Crippen molar-refractivity contribution in [3.63, 3.8) is 0 Å². The Labute approximate surface area is 212 Å². The van der Waals surface area contributed by atoms with E-state index in [0.717, 1.165) is 11.4 Å². The third-order valence-electron chi connectivity index (χ3n) is 7.29. The van der Waals surface area contributed by atoms with Gasteiger partial charge in [-0.05, 0) is 80.9 Å². The highest BCUT2D eigenvalue weighted by molar-refractivity contribution is 7.80. The van der Waals surface area contributed by atoms with Gasteiger partial charge in [0.15, 0.2) is 5.11 Å². The average Bonchev–Trinajstić information content (AvgIpc) is 3.35. The molecule has 34 heavy (non-hydrogen) atoms. The Kier molecular flexibility index (Phi) is 6.54. The molecule has 7 heteroatoms. The van der Waals surface area contributed by atoms with Crippen LogP contribution >= 0.6 is 23.8 Å². The first-order chi connectivity index (χ1) is 16.5. The van der Waals surface area contributed by atoms with Crippen LogP contribution in [0.15, 0.2) is 48.7 Å². The minimum Gasteiger partial charge on any atom is -0.495 e. The van der Waals surface area contributed by atoms with Crippen LogP contribution < -0.4 is 15.0 Å². The predicted octanol–water partition coefficient (Wildman–Crippen LogP) is 6.84. The van der Waals surface area contributed by atoms with Crippen LogP contribution in [0.3, 0.4) is 0 Å². The Morgan fingerprint density at radius 3 is 2.56 bits per heavy atom. The van der Waals surface area contributed by atoms with E-state index in [1.165, 1.54) is 49.1 Å². The summed E-state index contributed by atoms with van der Waals surface area (Å²) in [5, 5.41) is 4.80. The van der Waals surface area contributed by atoms with E-state index in [9.17, 15) is 0 Å². The molecule has 3 heterocycles. The molecule has 5 nitrogen and oxygen atoms in total. The number of nitrogens with zero attached hydrogens (tertiary/aromatic N) is 3. The lowest BCUT2D eigenvalue weighted by atomic mass is 9.94. The first-order valence-corrected chi connectivity index (χ1v) is 12.8. The third kappa shape index (κ3) is 4.07. The lowest BCUT2D eigenvalue weighted by Gasteiger charge is -2.30. The quantitative estimate of drug-likeness (QED) is 0.393. The molecule has 0 unspecified atom stereocenters. The first kappa shape index (κ1) is 23.2. The normalized spacial score (nSPS) is 21.1. The van der Waals surface area contributed by atoms with Crippen LogP contribution in [0.25, 0.3) is 0 Å². The summed E-state index contributed by atoms with van der Waals surface area (Å²) in [6, 6.07) is 14.7. The Morgan fingerprint density at radius 2 is 1.88 bits per heavy atom. The number of pyridine rings is 1. The molecule has 0 spiro atoms. The maximum Gasteiger partial charge on any atom is 0.174 e. The molecule has 1 aliphatic heterocycles. The summed E-state index contributed by atoms with van der Waals surface area (Å²) in [7, 11) is 1.63. The van der Waals surface area contributed by atoms with Gasteiger partial charge in [-0.3, -0.25) is 4.98 Å². The summed E-state index contributed by atoms with van der Waals surface area (Å²) in [5.74, 6) is 0.650. The summed E-state index contributed by atoms with van der Waals surface area (Å²) in [4.78, 5) is 6.88. The lowest BCUT2D eigenvalue weighted by Crippen LogP contribution is -2.29. The Balaban J connectivity index is 1.63. The lowest BCUT2D eigenvalue weighted by molar-refractivity contribution is 0.345. The van der Waals surface area contributed by atoms with E-state index in [2.05, 4.69) is 40.8 Å². The molecule has 2 aromatic heterocycles. The fourth-order valence-corrected chi connectivity index (χ4v) is 6.36. The van der Waals surface area contributed by atoms with Crippen molar-refractivity contribution >= 4 is 34.6 Å². The van der Waals surface area contributed by atoms with Gasteiger partial charge in [-0.15, -0.1) is 0 Å². The average molecular weight is 495 g/mol. The van der Waals surface area contributed by atoms with Crippen molar-refractivity contribution in [3.8, 4) is 5.75 Å². The number of anilines is 1. The number of hydrogen-bond acceptors (Lipinski definition) is 3. The van der Waals surface area contributed by atoms with Crippen LogP contribution in [0.1, 0.15) is 72.9 Å². The number of thiocarbonyl (C=S) groups is 1. The van der Waals surface area contributed by atoms with Gasteiger partial charge < -0.3 is 19.5 Å². The second kappa shape index (κ2) is 9.59. The number of rotatable bonds is 5. The van der Waals surface area contributed by atoms with Gasteiger partial charge >= 0.3 is 0 Å². The van der Waals surface area contributed by atoms with E-state index in [1.807, 2.05) is 36.5 Å². The summed E-state index contributed by atoms with van der Waals surface area (Å²) in [5.41, 5.74) is 5.81. The molecule has 1 aromatic carbocycles. The molecular weight excluding hydrogens is 464 g/mol. The van der Waals surface area contributed by atoms with Crippen molar-refractivity contribution in [2.75, 3.05) is 12.0 Å². The van der Waals surface area contributed by atoms with E-state index in [1.54, 1.807) is 7.11 Å². The Bertz CT molecular complexity index is 1190. The van der Waals surface area contributed by atoms with E-state index in [4.69, 9.17) is 33.5 Å². The number of aromatic nitrogens is 2. The predicted molar refractivity (Wildman–Crippen MR) is 142 cm³/mol. The van der Waals surface area contributed by atoms with E-state index < -0.39 is 0 Å². The second-order valence-electron chi connectivity index (χ2n) is 9.30. The largest absolute Gasteiger partial charge is 0.495 e. The van der Waals surface area contributed by atoms with Gasteiger partial charge in [-0.1, -0.05) is 36.9 Å². The van der Waals surface area contributed by atoms with Crippen LogP contribution in [-0.4, -0.2) is 21.8 Å².